The average molecular weight is 589 g/mol. The molecule has 2 aliphatic heterocycles. The first-order valence-electron chi connectivity index (χ1n) is 13.9. The van der Waals surface area contributed by atoms with Gasteiger partial charge in [-0.05, 0) is 79.9 Å². The number of rotatable bonds is 8. The van der Waals surface area contributed by atoms with E-state index in [2.05, 4.69) is 4.98 Å². The lowest BCUT2D eigenvalue weighted by Crippen LogP contribution is -2.29. The number of carbonyl (C=O) groups excluding carboxylic acids is 2. The molecule has 1 saturated heterocycles. The largest absolute Gasteiger partial charge is 0.507 e. The van der Waals surface area contributed by atoms with Gasteiger partial charge < -0.3 is 19.3 Å². The van der Waals surface area contributed by atoms with Crippen molar-refractivity contribution in [3.05, 3.63) is 82.7 Å². The number of amides is 1. The van der Waals surface area contributed by atoms with Crippen LogP contribution in [0.2, 0.25) is 0 Å². The minimum absolute atomic E-state index is 0.00252. The van der Waals surface area contributed by atoms with Crippen LogP contribution in [0.4, 0.5) is 9.52 Å². The zero-order valence-electron chi connectivity index (χ0n) is 23.3. The molecule has 0 bridgehead atoms. The van der Waals surface area contributed by atoms with Crippen LogP contribution in [-0.2, 0) is 16.0 Å². The molecule has 4 aromatic rings. The normalized spacial score (nSPS) is 19.3. The zero-order chi connectivity index (χ0) is 29.5. The van der Waals surface area contributed by atoms with Gasteiger partial charge in [0.05, 0.1) is 35.0 Å². The molecule has 1 aromatic heterocycles. The lowest BCUT2D eigenvalue weighted by Gasteiger charge is -2.24. The van der Waals surface area contributed by atoms with E-state index in [-0.39, 0.29) is 22.6 Å². The molecule has 42 heavy (non-hydrogen) atoms. The van der Waals surface area contributed by atoms with Gasteiger partial charge in [0.15, 0.2) is 16.6 Å². The lowest BCUT2D eigenvalue weighted by atomic mass is 9.94. The van der Waals surface area contributed by atoms with Gasteiger partial charge in [0, 0.05) is 12.0 Å². The molecule has 0 saturated carbocycles. The van der Waals surface area contributed by atoms with E-state index < -0.39 is 23.5 Å². The molecule has 0 unspecified atom stereocenters. The molecule has 0 spiro atoms. The summed E-state index contributed by atoms with van der Waals surface area (Å²) in [6.45, 7) is 6.66. The summed E-state index contributed by atoms with van der Waals surface area (Å²) in [4.78, 5) is 33.2. The van der Waals surface area contributed by atoms with Crippen molar-refractivity contribution in [2.75, 3.05) is 18.1 Å². The molecule has 6 rings (SSSR count). The van der Waals surface area contributed by atoms with Crippen LogP contribution in [0.5, 0.6) is 17.2 Å². The van der Waals surface area contributed by atoms with Crippen LogP contribution >= 0.6 is 11.3 Å². The second-order valence-corrected chi connectivity index (χ2v) is 11.2. The molecule has 1 fully saturated rings. The van der Waals surface area contributed by atoms with Crippen molar-refractivity contribution < 1.29 is 33.3 Å². The number of aliphatic hydroxyl groups excluding tert-OH is 1. The van der Waals surface area contributed by atoms with Gasteiger partial charge in [-0.25, -0.2) is 9.37 Å². The summed E-state index contributed by atoms with van der Waals surface area (Å²) < 4.78 is 32.0. The monoisotopic (exact) mass is 588 g/mol. The van der Waals surface area contributed by atoms with E-state index >= 15 is 0 Å². The fourth-order valence-corrected chi connectivity index (χ4v) is 6.37. The number of aromatic nitrogens is 1. The Labute approximate surface area is 246 Å². The van der Waals surface area contributed by atoms with Gasteiger partial charge in [0.25, 0.3) is 5.78 Å². The highest BCUT2D eigenvalue weighted by Crippen LogP contribution is 2.46. The van der Waals surface area contributed by atoms with Gasteiger partial charge in [0.1, 0.15) is 23.4 Å². The van der Waals surface area contributed by atoms with Gasteiger partial charge in [-0.15, -0.1) is 0 Å². The number of hydrogen-bond donors (Lipinski definition) is 1. The van der Waals surface area contributed by atoms with Crippen LogP contribution < -0.4 is 19.1 Å². The van der Waals surface area contributed by atoms with Gasteiger partial charge in [-0.2, -0.15) is 0 Å². The maximum Gasteiger partial charge on any atom is 0.301 e. The van der Waals surface area contributed by atoms with Gasteiger partial charge in [-0.3, -0.25) is 14.5 Å². The second kappa shape index (κ2) is 11.1. The van der Waals surface area contributed by atoms with Gasteiger partial charge in [0.2, 0.25) is 0 Å². The molecule has 2 atom stereocenters. The minimum Gasteiger partial charge on any atom is -0.507 e. The van der Waals surface area contributed by atoms with E-state index in [1.165, 1.54) is 23.1 Å². The summed E-state index contributed by atoms with van der Waals surface area (Å²) >= 11 is 1.09. The molecule has 0 radical (unpaired) electrons. The number of hydrogen-bond acceptors (Lipinski definition) is 8. The van der Waals surface area contributed by atoms with Crippen LogP contribution in [0.3, 0.4) is 0 Å². The number of ether oxygens (including phenoxy) is 3. The molecule has 1 N–H and O–H groups in total. The molecule has 3 aromatic carbocycles. The Kier molecular flexibility index (Phi) is 7.32. The van der Waals surface area contributed by atoms with Crippen molar-refractivity contribution in [1.82, 2.24) is 4.98 Å². The predicted molar refractivity (Wildman–Crippen MR) is 158 cm³/mol. The molecule has 2 aliphatic rings. The summed E-state index contributed by atoms with van der Waals surface area (Å²) in [5, 5.41) is 11.8. The van der Waals surface area contributed by atoms with Crippen LogP contribution in [0, 0.1) is 5.82 Å². The number of thiazole rings is 1. The highest BCUT2D eigenvalue weighted by atomic mass is 32.1. The number of fused-ring (bicyclic) bond motifs is 2. The van der Waals surface area contributed by atoms with E-state index in [9.17, 15) is 19.1 Å². The summed E-state index contributed by atoms with van der Waals surface area (Å²) in [6.07, 6.45) is 1.46. The molecular formula is C32H29FN2O6S. The summed E-state index contributed by atoms with van der Waals surface area (Å²) in [5.41, 5.74) is 2.23. The van der Waals surface area contributed by atoms with E-state index in [4.69, 9.17) is 14.2 Å². The number of benzene rings is 3. The highest BCUT2D eigenvalue weighted by molar-refractivity contribution is 7.22. The number of ketones is 1. The van der Waals surface area contributed by atoms with Crippen molar-refractivity contribution in [3.8, 4) is 17.2 Å². The summed E-state index contributed by atoms with van der Waals surface area (Å²) in [6, 6.07) is 13.5. The van der Waals surface area contributed by atoms with Crippen LogP contribution in [0.15, 0.2) is 60.2 Å². The maximum atomic E-state index is 14.0. The quantitative estimate of drug-likeness (QED) is 0.141. The van der Waals surface area contributed by atoms with Crippen molar-refractivity contribution in [2.45, 2.75) is 45.8 Å². The Morgan fingerprint density at radius 3 is 2.71 bits per heavy atom. The first kappa shape index (κ1) is 27.7. The van der Waals surface area contributed by atoms with E-state index in [1.807, 2.05) is 20.8 Å². The Balaban J connectivity index is 1.53. The molecule has 10 heteroatoms. The SMILES string of the molecule is CCCOc1ccc([C@H]2C(=C(O)c3ccc4c(c3)C[C@H](C)O4)C(=O)C(=O)N2c2nc3ccc(F)cc3s2)cc1OCC. The maximum absolute atomic E-state index is 14.0. The fourth-order valence-electron chi connectivity index (χ4n) is 5.35. The van der Waals surface area contributed by atoms with E-state index in [0.29, 0.717) is 52.5 Å². The Hall–Kier alpha value is -4.44. The first-order valence-corrected chi connectivity index (χ1v) is 14.7. The zero-order valence-corrected chi connectivity index (χ0v) is 24.2. The number of Topliss-reactive ketones (excluding diaryl/α,β-unsaturated/α-hetero) is 1. The van der Waals surface area contributed by atoms with Crippen molar-refractivity contribution in [2.24, 2.45) is 0 Å². The minimum atomic E-state index is -1.03. The third kappa shape index (κ3) is 4.85. The number of aliphatic hydroxyl groups is 1. The number of halogens is 1. The standard InChI is InChI=1S/C32H29FN2O6S/c1-4-12-40-24-11-6-18(15-25(24)39-5-2)28-27(29(36)19-7-10-23-20(14-19)13-17(3)41-23)30(37)31(38)35(28)32-34-22-9-8-21(33)16-26(22)42-32/h6-11,14-17,28,36H,4-5,12-13H2,1-3H3/t17-,28-/m0/s1. The van der Waals surface area contributed by atoms with Crippen LogP contribution in [-0.4, -0.2) is 41.1 Å². The molecule has 1 amide bonds. The second-order valence-electron chi connectivity index (χ2n) is 10.2. The van der Waals surface area contributed by atoms with Crippen molar-refractivity contribution >= 4 is 44.1 Å². The summed E-state index contributed by atoms with van der Waals surface area (Å²) in [7, 11) is 0. The predicted octanol–water partition coefficient (Wildman–Crippen LogP) is 6.57. The third-order valence-electron chi connectivity index (χ3n) is 7.20. The van der Waals surface area contributed by atoms with E-state index in [1.54, 1.807) is 36.4 Å². The number of carbonyl (C=O) groups is 2. The Morgan fingerprint density at radius 2 is 1.93 bits per heavy atom. The van der Waals surface area contributed by atoms with E-state index in [0.717, 1.165) is 29.1 Å². The molecule has 0 aliphatic carbocycles. The highest BCUT2D eigenvalue weighted by Gasteiger charge is 2.48. The third-order valence-corrected chi connectivity index (χ3v) is 8.22. The van der Waals surface area contributed by atoms with Crippen LogP contribution in [0.25, 0.3) is 16.0 Å². The smallest absolute Gasteiger partial charge is 0.301 e. The molecule has 216 valence electrons. The lowest BCUT2D eigenvalue weighted by molar-refractivity contribution is -0.132. The van der Waals surface area contributed by atoms with Crippen molar-refractivity contribution in [3.63, 3.8) is 0 Å². The van der Waals surface area contributed by atoms with Crippen LogP contribution in [0.1, 0.15) is 49.9 Å². The fraction of sp³-hybridized carbons (Fsp3) is 0.281. The summed E-state index contributed by atoms with van der Waals surface area (Å²) in [5.74, 6) is -0.732. The molecule has 3 heterocycles. The van der Waals surface area contributed by atoms with Crippen molar-refractivity contribution in [1.29, 1.82) is 0 Å². The first-order chi connectivity index (χ1) is 20.3. The average Bonchev–Trinajstić information content (AvgIpc) is 3.63. The number of anilines is 1. The number of nitrogens with zero attached hydrogens (tertiary/aromatic N) is 2. The van der Waals surface area contributed by atoms with Gasteiger partial charge >= 0.3 is 5.91 Å². The molecular weight excluding hydrogens is 559 g/mol. The topological polar surface area (TPSA) is 98.2 Å². The molecule has 8 nitrogen and oxygen atoms in total. The Morgan fingerprint density at radius 1 is 1.10 bits per heavy atom. The van der Waals surface area contributed by atoms with Gasteiger partial charge in [-0.1, -0.05) is 24.3 Å². The Bertz CT molecular complexity index is 1750.